The van der Waals surface area contributed by atoms with Gasteiger partial charge in [-0.1, -0.05) is 37.3 Å². The number of rotatable bonds is 6. The third kappa shape index (κ3) is 4.08. The molecule has 0 saturated heterocycles. The number of carbonyl (C=O) groups excluding carboxylic acids is 1. The Morgan fingerprint density at radius 3 is 2.95 bits per heavy atom. The van der Waals surface area contributed by atoms with E-state index in [9.17, 15) is 4.79 Å². The zero-order chi connectivity index (χ0) is 14.4. The van der Waals surface area contributed by atoms with Crippen molar-refractivity contribution in [2.24, 2.45) is 10.9 Å². The number of hydrogen-bond acceptors (Lipinski definition) is 4. The van der Waals surface area contributed by atoms with Crippen molar-refractivity contribution in [2.45, 2.75) is 19.4 Å². The molecule has 108 valence electrons. The highest BCUT2D eigenvalue weighted by atomic mass is 32.2. The second-order valence-electron chi connectivity index (χ2n) is 4.99. The summed E-state index contributed by atoms with van der Waals surface area (Å²) >= 11 is 1.63. The van der Waals surface area contributed by atoms with Gasteiger partial charge < -0.3 is 10.4 Å². The number of nitrogens with zero attached hydrogens (tertiary/aromatic N) is 1. The Kier molecular flexibility index (Phi) is 5.61. The minimum atomic E-state index is -0.295. The molecule has 0 aliphatic carbocycles. The van der Waals surface area contributed by atoms with Gasteiger partial charge in [-0.2, -0.15) is 0 Å². The molecule has 2 rings (SSSR count). The highest BCUT2D eigenvalue weighted by Gasteiger charge is 2.25. The molecule has 2 atom stereocenters. The normalized spacial score (nSPS) is 19.5. The lowest BCUT2D eigenvalue weighted by Crippen LogP contribution is -2.36. The quantitative estimate of drug-likeness (QED) is 0.838. The average molecular weight is 292 g/mol. The van der Waals surface area contributed by atoms with E-state index in [1.807, 2.05) is 37.3 Å². The highest BCUT2D eigenvalue weighted by molar-refractivity contribution is 8.14. The summed E-state index contributed by atoms with van der Waals surface area (Å²) in [4.78, 5) is 16.5. The number of benzene rings is 1. The first-order valence-corrected chi connectivity index (χ1v) is 7.84. The van der Waals surface area contributed by atoms with Gasteiger partial charge >= 0.3 is 0 Å². The molecule has 0 aromatic heterocycles. The minimum Gasteiger partial charge on any atom is -0.396 e. The van der Waals surface area contributed by atoms with Gasteiger partial charge in [-0.3, -0.25) is 9.79 Å². The monoisotopic (exact) mass is 292 g/mol. The lowest BCUT2D eigenvalue weighted by atomic mass is 10.1. The van der Waals surface area contributed by atoms with Gasteiger partial charge in [-0.25, -0.2) is 0 Å². The summed E-state index contributed by atoms with van der Waals surface area (Å²) in [6, 6.07) is 9.64. The Bertz CT molecular complexity index is 476. The number of nitrogens with one attached hydrogen (secondary N) is 1. The third-order valence-corrected chi connectivity index (χ3v) is 4.32. The molecule has 0 spiro atoms. The maximum Gasteiger partial charge on any atom is 0.245 e. The summed E-state index contributed by atoms with van der Waals surface area (Å²) in [5, 5.41) is 12.7. The van der Waals surface area contributed by atoms with Crippen molar-refractivity contribution in [3.8, 4) is 0 Å². The highest BCUT2D eigenvalue weighted by Crippen LogP contribution is 2.23. The summed E-state index contributed by atoms with van der Waals surface area (Å²) in [5.41, 5.74) is 1.07. The number of aliphatic imine (C=N–C) groups is 1. The predicted octanol–water partition coefficient (Wildman–Crippen LogP) is 1.68. The number of aliphatic hydroxyl groups excluding tert-OH is 1. The molecule has 1 aliphatic heterocycles. The summed E-state index contributed by atoms with van der Waals surface area (Å²) in [6.45, 7) is 2.77. The molecule has 2 unspecified atom stereocenters. The molecule has 20 heavy (non-hydrogen) atoms. The van der Waals surface area contributed by atoms with E-state index >= 15 is 0 Å². The average Bonchev–Trinajstić information content (AvgIpc) is 2.96. The van der Waals surface area contributed by atoms with Gasteiger partial charge in [0.25, 0.3) is 0 Å². The maximum atomic E-state index is 12.0. The predicted molar refractivity (Wildman–Crippen MR) is 83.1 cm³/mol. The van der Waals surface area contributed by atoms with Crippen molar-refractivity contribution in [3.05, 3.63) is 35.9 Å². The van der Waals surface area contributed by atoms with Gasteiger partial charge in [0.2, 0.25) is 5.91 Å². The second-order valence-corrected chi connectivity index (χ2v) is 6.00. The van der Waals surface area contributed by atoms with E-state index in [4.69, 9.17) is 5.11 Å². The van der Waals surface area contributed by atoms with E-state index in [0.717, 1.165) is 10.6 Å². The van der Waals surface area contributed by atoms with Crippen molar-refractivity contribution >= 4 is 22.7 Å². The van der Waals surface area contributed by atoms with E-state index < -0.39 is 0 Å². The molecule has 1 amide bonds. The van der Waals surface area contributed by atoms with Gasteiger partial charge in [0.15, 0.2) is 0 Å². The lowest BCUT2D eigenvalue weighted by Gasteiger charge is -2.12. The molecule has 1 heterocycles. The molecule has 1 aromatic carbocycles. The Hall–Kier alpha value is -1.33. The van der Waals surface area contributed by atoms with Crippen LogP contribution in [0.5, 0.6) is 0 Å². The summed E-state index contributed by atoms with van der Waals surface area (Å²) < 4.78 is 0. The van der Waals surface area contributed by atoms with Crippen LogP contribution < -0.4 is 5.32 Å². The van der Waals surface area contributed by atoms with Gasteiger partial charge in [0.05, 0.1) is 5.04 Å². The molecule has 2 N–H and O–H groups in total. The molecule has 1 aromatic rings. The summed E-state index contributed by atoms with van der Waals surface area (Å²) in [7, 11) is 0. The molecular formula is C15H20N2O2S. The molecule has 1 aliphatic rings. The molecule has 0 fully saturated rings. The Morgan fingerprint density at radius 2 is 2.25 bits per heavy atom. The van der Waals surface area contributed by atoms with Crippen molar-refractivity contribution in [3.63, 3.8) is 0 Å². The van der Waals surface area contributed by atoms with Crippen LogP contribution in [-0.2, 0) is 4.79 Å². The van der Waals surface area contributed by atoms with Gasteiger partial charge in [0, 0.05) is 24.5 Å². The Morgan fingerprint density at radius 1 is 1.50 bits per heavy atom. The topological polar surface area (TPSA) is 61.7 Å². The SMILES string of the molecule is CC(CCO)CNC(=O)C1CSC(c2ccccc2)=N1. The minimum absolute atomic E-state index is 0.0202. The van der Waals surface area contributed by atoms with Crippen LogP contribution in [0.2, 0.25) is 0 Å². The van der Waals surface area contributed by atoms with E-state index in [-0.39, 0.29) is 24.5 Å². The van der Waals surface area contributed by atoms with Crippen molar-refractivity contribution < 1.29 is 9.90 Å². The number of hydrogen-bond donors (Lipinski definition) is 2. The summed E-state index contributed by atoms with van der Waals surface area (Å²) in [5.74, 6) is 0.966. The smallest absolute Gasteiger partial charge is 0.245 e. The first-order valence-electron chi connectivity index (χ1n) is 6.85. The number of aliphatic hydroxyl groups is 1. The number of thioether (sulfide) groups is 1. The van der Waals surface area contributed by atoms with Gasteiger partial charge in [-0.05, 0) is 12.3 Å². The third-order valence-electron chi connectivity index (χ3n) is 3.22. The zero-order valence-corrected chi connectivity index (χ0v) is 12.4. The Balaban J connectivity index is 1.88. The van der Waals surface area contributed by atoms with Crippen LogP contribution in [0.4, 0.5) is 0 Å². The van der Waals surface area contributed by atoms with Crippen molar-refractivity contribution in [2.75, 3.05) is 18.9 Å². The van der Waals surface area contributed by atoms with Crippen LogP contribution in [0.1, 0.15) is 18.9 Å². The van der Waals surface area contributed by atoms with Crippen molar-refractivity contribution in [1.29, 1.82) is 0 Å². The lowest BCUT2D eigenvalue weighted by molar-refractivity contribution is -0.121. The molecule has 0 bridgehead atoms. The van der Waals surface area contributed by atoms with Crippen molar-refractivity contribution in [1.82, 2.24) is 5.32 Å². The van der Waals surface area contributed by atoms with Crippen LogP contribution in [0, 0.1) is 5.92 Å². The Labute approximate surface area is 123 Å². The van der Waals surface area contributed by atoms with E-state index in [0.29, 0.717) is 18.7 Å². The fourth-order valence-corrected chi connectivity index (χ4v) is 3.01. The van der Waals surface area contributed by atoms with Crippen LogP contribution in [-0.4, -0.2) is 41.0 Å². The standard InChI is InChI=1S/C15H20N2O2S/c1-11(7-8-18)9-16-14(19)13-10-20-15(17-13)12-5-3-2-4-6-12/h2-6,11,13,18H,7-10H2,1H3,(H,16,19). The van der Waals surface area contributed by atoms with E-state index in [1.165, 1.54) is 0 Å². The second kappa shape index (κ2) is 7.45. The maximum absolute atomic E-state index is 12.0. The largest absolute Gasteiger partial charge is 0.396 e. The molecule has 5 heteroatoms. The molecule has 0 radical (unpaired) electrons. The molecule has 4 nitrogen and oxygen atoms in total. The first kappa shape index (κ1) is 15.1. The van der Waals surface area contributed by atoms with Crippen LogP contribution in [0.15, 0.2) is 35.3 Å². The summed E-state index contributed by atoms with van der Waals surface area (Å²) in [6.07, 6.45) is 0.707. The van der Waals surface area contributed by atoms with Crippen LogP contribution in [0.25, 0.3) is 0 Å². The van der Waals surface area contributed by atoms with Gasteiger partial charge in [0.1, 0.15) is 6.04 Å². The zero-order valence-electron chi connectivity index (χ0n) is 11.6. The van der Waals surface area contributed by atoms with Crippen LogP contribution >= 0.6 is 11.8 Å². The van der Waals surface area contributed by atoms with Gasteiger partial charge in [-0.15, -0.1) is 11.8 Å². The van der Waals surface area contributed by atoms with Crippen LogP contribution in [0.3, 0.4) is 0 Å². The first-order chi connectivity index (χ1) is 9.70. The number of amides is 1. The van der Waals surface area contributed by atoms with E-state index in [2.05, 4.69) is 10.3 Å². The fourth-order valence-electron chi connectivity index (χ4n) is 1.96. The fraction of sp³-hybridized carbons (Fsp3) is 0.467. The molecule has 0 saturated carbocycles. The van der Waals surface area contributed by atoms with E-state index in [1.54, 1.807) is 11.8 Å². The molecular weight excluding hydrogens is 272 g/mol. The number of carbonyl (C=O) groups is 1.